The summed E-state index contributed by atoms with van der Waals surface area (Å²) in [5.74, 6) is -0.544. The molecular weight excluding hydrogens is 414 g/mol. The van der Waals surface area contributed by atoms with Crippen LogP contribution in [0.3, 0.4) is 0 Å². The predicted molar refractivity (Wildman–Crippen MR) is 114 cm³/mol. The lowest BCUT2D eigenvalue weighted by Gasteiger charge is -2.30. The van der Waals surface area contributed by atoms with Crippen LogP contribution in [0.2, 0.25) is 0 Å². The van der Waals surface area contributed by atoms with Gasteiger partial charge in [0.05, 0.1) is 16.1 Å². The van der Waals surface area contributed by atoms with E-state index >= 15 is 0 Å². The predicted octanol–water partition coefficient (Wildman–Crippen LogP) is 4.01. The number of carbonyl (C=O) groups is 1. The number of anilines is 1. The summed E-state index contributed by atoms with van der Waals surface area (Å²) in [4.78, 5) is 17.3. The van der Waals surface area contributed by atoms with Crippen molar-refractivity contribution in [3.8, 4) is 0 Å². The monoisotopic (exact) mass is 435 g/mol. The van der Waals surface area contributed by atoms with Gasteiger partial charge in [-0.15, -0.1) is 11.3 Å². The minimum absolute atomic E-state index is 0.167. The second kappa shape index (κ2) is 7.55. The molecule has 2 aromatic heterocycles. The molecule has 1 aliphatic rings. The number of fused-ring (bicyclic) bond motifs is 1. The van der Waals surface area contributed by atoms with Gasteiger partial charge in [0, 0.05) is 13.1 Å². The number of nitrogens with zero attached hydrogens (tertiary/aromatic N) is 2. The summed E-state index contributed by atoms with van der Waals surface area (Å²) in [5, 5.41) is 5.21. The van der Waals surface area contributed by atoms with Crippen molar-refractivity contribution in [3.05, 3.63) is 40.8 Å². The first kappa shape index (κ1) is 19.5. The van der Waals surface area contributed by atoms with Crippen LogP contribution in [0.5, 0.6) is 0 Å². The fourth-order valence-corrected chi connectivity index (χ4v) is 7.14. The highest BCUT2D eigenvalue weighted by Crippen LogP contribution is 2.31. The highest BCUT2D eigenvalue weighted by Gasteiger charge is 2.34. The van der Waals surface area contributed by atoms with Gasteiger partial charge in [0.1, 0.15) is 4.21 Å². The first-order chi connectivity index (χ1) is 13.3. The van der Waals surface area contributed by atoms with Crippen molar-refractivity contribution in [1.29, 1.82) is 0 Å². The summed E-state index contributed by atoms with van der Waals surface area (Å²) in [6, 6.07) is 7.43. The molecule has 1 unspecified atom stereocenters. The van der Waals surface area contributed by atoms with Crippen molar-refractivity contribution < 1.29 is 13.2 Å². The molecule has 4 rings (SSSR count). The van der Waals surface area contributed by atoms with Crippen LogP contribution in [0.1, 0.15) is 24.0 Å². The van der Waals surface area contributed by atoms with E-state index in [-0.39, 0.29) is 18.4 Å². The number of carbonyl (C=O) groups excluding carboxylic acids is 1. The number of sulfonamides is 1. The van der Waals surface area contributed by atoms with Gasteiger partial charge in [0.15, 0.2) is 5.13 Å². The maximum atomic E-state index is 12.8. The number of hydrogen-bond donors (Lipinski definition) is 1. The second-order valence-corrected chi connectivity index (χ2v) is 11.2. The molecule has 1 saturated heterocycles. The number of hydrogen-bond acceptors (Lipinski definition) is 6. The zero-order chi connectivity index (χ0) is 19.9. The summed E-state index contributed by atoms with van der Waals surface area (Å²) >= 11 is 2.66. The van der Waals surface area contributed by atoms with Gasteiger partial charge in [-0.1, -0.05) is 23.5 Å². The lowest BCUT2D eigenvalue weighted by molar-refractivity contribution is -0.120. The highest BCUT2D eigenvalue weighted by molar-refractivity contribution is 7.91. The fraction of sp³-hybridized carbons (Fsp3) is 0.368. The lowest BCUT2D eigenvalue weighted by atomic mass is 9.99. The van der Waals surface area contributed by atoms with E-state index in [0.717, 1.165) is 21.3 Å². The molecule has 0 spiro atoms. The Labute approximate surface area is 172 Å². The number of thiophene rings is 1. The summed E-state index contributed by atoms with van der Waals surface area (Å²) < 4.78 is 28.3. The van der Waals surface area contributed by atoms with Gasteiger partial charge in [0.2, 0.25) is 5.91 Å². The Balaban J connectivity index is 1.50. The third-order valence-corrected chi connectivity index (χ3v) is 9.25. The maximum Gasteiger partial charge on any atom is 0.252 e. The number of benzene rings is 1. The fourth-order valence-electron chi connectivity index (χ4n) is 3.55. The van der Waals surface area contributed by atoms with Crippen LogP contribution in [0, 0.1) is 19.8 Å². The van der Waals surface area contributed by atoms with E-state index in [1.807, 2.05) is 19.9 Å². The maximum absolute atomic E-state index is 12.8. The summed E-state index contributed by atoms with van der Waals surface area (Å²) in [5.41, 5.74) is 3.15. The quantitative estimate of drug-likeness (QED) is 0.671. The average molecular weight is 436 g/mol. The van der Waals surface area contributed by atoms with Gasteiger partial charge < -0.3 is 5.32 Å². The Morgan fingerprint density at radius 1 is 1.32 bits per heavy atom. The number of aromatic nitrogens is 1. The molecule has 28 heavy (non-hydrogen) atoms. The van der Waals surface area contributed by atoms with Crippen LogP contribution < -0.4 is 5.32 Å². The van der Waals surface area contributed by atoms with E-state index in [2.05, 4.69) is 16.4 Å². The van der Waals surface area contributed by atoms with Gasteiger partial charge in [-0.05, 0) is 55.3 Å². The van der Waals surface area contributed by atoms with Crippen molar-refractivity contribution in [3.63, 3.8) is 0 Å². The van der Waals surface area contributed by atoms with Crippen LogP contribution in [0.15, 0.2) is 33.9 Å². The molecule has 1 N–H and O–H groups in total. The molecule has 0 radical (unpaired) electrons. The van der Waals surface area contributed by atoms with Gasteiger partial charge >= 0.3 is 0 Å². The van der Waals surface area contributed by atoms with E-state index < -0.39 is 10.0 Å². The zero-order valence-corrected chi connectivity index (χ0v) is 18.1. The molecular formula is C19H21N3O3S3. The van der Waals surface area contributed by atoms with Crippen LogP contribution in [0.25, 0.3) is 10.2 Å². The minimum atomic E-state index is -3.53. The summed E-state index contributed by atoms with van der Waals surface area (Å²) in [6.45, 7) is 4.71. The van der Waals surface area contributed by atoms with E-state index in [1.165, 1.54) is 27.0 Å². The third kappa shape index (κ3) is 3.71. The molecule has 1 aromatic carbocycles. The van der Waals surface area contributed by atoms with Crippen molar-refractivity contribution in [2.45, 2.75) is 30.9 Å². The first-order valence-electron chi connectivity index (χ1n) is 9.07. The van der Waals surface area contributed by atoms with Gasteiger partial charge in [-0.2, -0.15) is 4.31 Å². The largest absolute Gasteiger partial charge is 0.302 e. The number of nitrogens with one attached hydrogen (secondary N) is 1. The molecule has 1 amide bonds. The topological polar surface area (TPSA) is 79.4 Å². The molecule has 1 fully saturated rings. The Bertz CT molecular complexity index is 1120. The first-order valence-corrected chi connectivity index (χ1v) is 12.2. The molecule has 148 valence electrons. The van der Waals surface area contributed by atoms with Crippen molar-refractivity contribution in [1.82, 2.24) is 9.29 Å². The molecule has 0 aliphatic carbocycles. The molecule has 0 saturated carbocycles. The van der Waals surface area contributed by atoms with E-state index in [4.69, 9.17) is 0 Å². The molecule has 0 bridgehead atoms. The smallest absolute Gasteiger partial charge is 0.252 e. The number of aryl methyl sites for hydroxylation is 2. The van der Waals surface area contributed by atoms with Crippen LogP contribution in [0.4, 0.5) is 5.13 Å². The van der Waals surface area contributed by atoms with Gasteiger partial charge in [-0.3, -0.25) is 4.79 Å². The van der Waals surface area contributed by atoms with Crippen molar-refractivity contribution in [2.24, 2.45) is 5.92 Å². The van der Waals surface area contributed by atoms with E-state index in [1.54, 1.807) is 17.5 Å². The van der Waals surface area contributed by atoms with Crippen molar-refractivity contribution >= 4 is 54.0 Å². The Kier molecular flexibility index (Phi) is 5.26. The average Bonchev–Trinajstić information content (AvgIpc) is 3.32. The van der Waals surface area contributed by atoms with Crippen molar-refractivity contribution in [2.75, 3.05) is 18.4 Å². The minimum Gasteiger partial charge on any atom is -0.302 e. The zero-order valence-electron chi connectivity index (χ0n) is 15.6. The van der Waals surface area contributed by atoms with Gasteiger partial charge in [0.25, 0.3) is 10.0 Å². The Morgan fingerprint density at radius 2 is 2.14 bits per heavy atom. The number of rotatable bonds is 4. The number of piperidine rings is 1. The molecule has 9 heteroatoms. The SMILES string of the molecule is Cc1cc(C)c2sc(NC(=O)C3CCCN(S(=O)(=O)c4cccs4)C3)nc2c1. The third-order valence-electron chi connectivity index (χ3n) is 4.89. The standard InChI is InChI=1S/C19H21N3O3S3/c1-12-9-13(2)17-15(10-12)20-19(27-17)21-18(23)14-5-3-7-22(11-14)28(24,25)16-6-4-8-26-16/h4,6,8-10,14H,3,5,7,11H2,1-2H3,(H,20,21,23). The molecule has 3 heterocycles. The second-order valence-electron chi connectivity index (χ2n) is 7.07. The highest BCUT2D eigenvalue weighted by atomic mass is 32.2. The van der Waals surface area contributed by atoms with Crippen LogP contribution >= 0.6 is 22.7 Å². The van der Waals surface area contributed by atoms with E-state index in [9.17, 15) is 13.2 Å². The Morgan fingerprint density at radius 3 is 2.89 bits per heavy atom. The normalized spacial score (nSPS) is 18.4. The van der Waals surface area contributed by atoms with Crippen LogP contribution in [-0.2, 0) is 14.8 Å². The van der Waals surface area contributed by atoms with E-state index in [0.29, 0.717) is 28.7 Å². The van der Waals surface area contributed by atoms with Crippen LogP contribution in [-0.4, -0.2) is 36.7 Å². The summed E-state index contributed by atoms with van der Waals surface area (Å²) in [7, 11) is -3.53. The molecule has 3 aromatic rings. The summed E-state index contributed by atoms with van der Waals surface area (Å²) in [6.07, 6.45) is 1.34. The number of amides is 1. The lowest BCUT2D eigenvalue weighted by Crippen LogP contribution is -2.43. The molecule has 1 atom stereocenters. The van der Waals surface area contributed by atoms with Gasteiger partial charge in [-0.25, -0.2) is 13.4 Å². The molecule has 6 nitrogen and oxygen atoms in total. The number of thiazole rings is 1. The Hall–Kier alpha value is -1.81. The molecule has 1 aliphatic heterocycles.